The van der Waals surface area contributed by atoms with Crippen molar-refractivity contribution >= 4 is 23.1 Å². The summed E-state index contributed by atoms with van der Waals surface area (Å²) in [6.45, 7) is 10.1. The molecule has 0 aliphatic carbocycles. The van der Waals surface area contributed by atoms with Crippen molar-refractivity contribution in [1.29, 1.82) is 0 Å². The van der Waals surface area contributed by atoms with E-state index in [1.807, 2.05) is 56.3 Å². The van der Waals surface area contributed by atoms with Crippen LogP contribution in [-0.4, -0.2) is 49.0 Å². The number of Topliss-reactive ketones (excluding diaryl/α,β-unsaturated/α-hetero) is 1. The molecule has 1 atom stereocenters. The Labute approximate surface area is 230 Å². The van der Waals surface area contributed by atoms with Crippen LogP contribution in [0, 0.1) is 13.8 Å². The molecule has 0 aromatic heterocycles. The number of hydrogen-bond acceptors (Lipinski definition) is 6. The van der Waals surface area contributed by atoms with E-state index in [4.69, 9.17) is 9.47 Å². The lowest BCUT2D eigenvalue weighted by atomic mass is 9.94. The Kier molecular flexibility index (Phi) is 8.29. The molecule has 1 aliphatic rings. The maximum Gasteiger partial charge on any atom is 0.295 e. The Bertz CT molecular complexity index is 1410. The van der Waals surface area contributed by atoms with Crippen molar-refractivity contribution in [2.24, 2.45) is 0 Å². The van der Waals surface area contributed by atoms with E-state index in [0.717, 1.165) is 41.0 Å². The van der Waals surface area contributed by atoms with Crippen LogP contribution in [-0.2, 0) is 16.1 Å². The minimum Gasteiger partial charge on any atom is -0.507 e. The number of ketones is 1. The number of nitrogens with zero attached hydrogens (tertiary/aromatic N) is 2. The van der Waals surface area contributed by atoms with Gasteiger partial charge in [-0.25, -0.2) is 0 Å². The van der Waals surface area contributed by atoms with E-state index in [1.165, 1.54) is 14.2 Å². The van der Waals surface area contributed by atoms with E-state index in [9.17, 15) is 14.7 Å². The second kappa shape index (κ2) is 11.6. The first kappa shape index (κ1) is 27.8. The lowest BCUT2D eigenvalue weighted by molar-refractivity contribution is -0.140. The highest BCUT2D eigenvalue weighted by Gasteiger charge is 2.46. The Morgan fingerprint density at radius 1 is 0.923 bits per heavy atom. The highest BCUT2D eigenvalue weighted by Crippen LogP contribution is 2.43. The molecule has 3 aromatic carbocycles. The number of aryl methyl sites for hydroxylation is 2. The third-order valence-corrected chi connectivity index (χ3v) is 7.38. The highest BCUT2D eigenvalue weighted by atomic mass is 16.5. The van der Waals surface area contributed by atoms with Crippen LogP contribution in [0.5, 0.6) is 11.5 Å². The summed E-state index contributed by atoms with van der Waals surface area (Å²) in [5, 5.41) is 11.6. The van der Waals surface area contributed by atoms with Gasteiger partial charge in [0, 0.05) is 25.3 Å². The quantitative estimate of drug-likeness (QED) is 0.215. The van der Waals surface area contributed by atoms with Crippen molar-refractivity contribution in [3.05, 3.63) is 94.1 Å². The number of amides is 1. The third-order valence-electron chi connectivity index (χ3n) is 7.38. The summed E-state index contributed by atoms with van der Waals surface area (Å²) in [6, 6.07) is 18.1. The zero-order chi connectivity index (χ0) is 28.3. The van der Waals surface area contributed by atoms with E-state index >= 15 is 0 Å². The monoisotopic (exact) mass is 528 g/mol. The average molecular weight is 529 g/mol. The fourth-order valence-corrected chi connectivity index (χ4v) is 5.14. The van der Waals surface area contributed by atoms with Gasteiger partial charge in [0.2, 0.25) is 0 Å². The molecule has 3 aromatic rings. The summed E-state index contributed by atoms with van der Waals surface area (Å²) in [7, 11) is 3.01. The fraction of sp³-hybridized carbons (Fsp3) is 0.312. The first-order valence-corrected chi connectivity index (χ1v) is 13.2. The molecule has 0 saturated carbocycles. The Balaban J connectivity index is 1.91. The second-order valence-corrected chi connectivity index (χ2v) is 9.69. The molecule has 1 saturated heterocycles. The first-order chi connectivity index (χ1) is 18.7. The molecule has 7 heteroatoms. The summed E-state index contributed by atoms with van der Waals surface area (Å²) in [6.07, 6.45) is 0. The van der Waals surface area contributed by atoms with Gasteiger partial charge in [-0.3, -0.25) is 9.59 Å². The summed E-state index contributed by atoms with van der Waals surface area (Å²) in [5.41, 5.74) is 5.11. The largest absolute Gasteiger partial charge is 0.507 e. The number of ether oxygens (including phenoxy) is 2. The maximum atomic E-state index is 13.6. The fourth-order valence-electron chi connectivity index (χ4n) is 5.14. The van der Waals surface area contributed by atoms with Gasteiger partial charge in [0.25, 0.3) is 11.7 Å². The van der Waals surface area contributed by atoms with Gasteiger partial charge in [-0.2, -0.15) is 0 Å². The van der Waals surface area contributed by atoms with E-state index in [0.29, 0.717) is 11.5 Å². The molecule has 1 amide bonds. The molecule has 0 radical (unpaired) electrons. The van der Waals surface area contributed by atoms with Crippen LogP contribution in [0.15, 0.2) is 66.2 Å². The molecule has 7 nitrogen and oxygen atoms in total. The summed E-state index contributed by atoms with van der Waals surface area (Å²) in [5.74, 6) is -0.838. The molecular weight excluding hydrogens is 492 g/mol. The first-order valence-electron chi connectivity index (χ1n) is 13.2. The van der Waals surface area contributed by atoms with Crippen LogP contribution in [0.1, 0.15) is 47.7 Å². The maximum absolute atomic E-state index is 13.6. The lowest BCUT2D eigenvalue weighted by Crippen LogP contribution is -2.29. The zero-order valence-corrected chi connectivity index (χ0v) is 23.4. The van der Waals surface area contributed by atoms with Crippen molar-refractivity contribution in [2.75, 3.05) is 32.2 Å². The number of likely N-dealkylation sites (tertiary alicyclic amines) is 1. The standard InChI is InChI=1S/C32H36N2O5/c1-7-33(8-2)24-13-11-22(12-14-24)29-28(30(35)26-18-25(38-5)15-16-27(26)39-6)31(36)32(37)34(29)19-23-17-20(3)9-10-21(23)4/h9-18,29,35H,7-8,19H2,1-6H3/b30-28+. The molecule has 39 heavy (non-hydrogen) atoms. The van der Waals surface area contributed by atoms with Gasteiger partial charge < -0.3 is 24.4 Å². The number of aliphatic hydroxyl groups is 1. The molecule has 0 spiro atoms. The minimum atomic E-state index is -0.786. The van der Waals surface area contributed by atoms with Crippen molar-refractivity contribution in [1.82, 2.24) is 4.90 Å². The van der Waals surface area contributed by atoms with Gasteiger partial charge in [-0.05, 0) is 74.7 Å². The van der Waals surface area contributed by atoms with Gasteiger partial charge in [-0.15, -0.1) is 0 Å². The predicted molar refractivity (Wildman–Crippen MR) is 153 cm³/mol. The van der Waals surface area contributed by atoms with Gasteiger partial charge in [0.1, 0.15) is 17.3 Å². The molecule has 1 N–H and O–H groups in total. The highest BCUT2D eigenvalue weighted by molar-refractivity contribution is 6.46. The number of aliphatic hydroxyl groups excluding tert-OH is 1. The molecule has 0 bridgehead atoms. The molecule has 1 fully saturated rings. The number of benzene rings is 3. The van der Waals surface area contributed by atoms with Gasteiger partial charge in [-0.1, -0.05) is 35.9 Å². The number of anilines is 1. The second-order valence-electron chi connectivity index (χ2n) is 9.69. The van der Waals surface area contributed by atoms with E-state index in [1.54, 1.807) is 23.1 Å². The minimum absolute atomic E-state index is 0.0208. The third kappa shape index (κ3) is 5.35. The van der Waals surface area contributed by atoms with E-state index in [2.05, 4.69) is 18.7 Å². The van der Waals surface area contributed by atoms with Crippen LogP contribution in [0.4, 0.5) is 5.69 Å². The van der Waals surface area contributed by atoms with E-state index < -0.39 is 17.7 Å². The number of methoxy groups -OCH3 is 2. The molecule has 1 unspecified atom stereocenters. The van der Waals surface area contributed by atoms with Crippen molar-refractivity contribution in [3.63, 3.8) is 0 Å². The van der Waals surface area contributed by atoms with Crippen LogP contribution >= 0.6 is 0 Å². The molecule has 1 heterocycles. The summed E-state index contributed by atoms with van der Waals surface area (Å²) >= 11 is 0. The zero-order valence-electron chi connectivity index (χ0n) is 23.4. The SMILES string of the molecule is CCN(CC)c1ccc(C2/C(=C(\O)c3cc(OC)ccc3OC)C(=O)C(=O)N2Cc2cc(C)ccc2C)cc1. The summed E-state index contributed by atoms with van der Waals surface area (Å²) in [4.78, 5) is 30.9. The number of carbonyl (C=O) groups excluding carboxylic acids is 2. The topological polar surface area (TPSA) is 79.3 Å². The van der Waals surface area contributed by atoms with Gasteiger partial charge in [0.05, 0.1) is 31.4 Å². The van der Waals surface area contributed by atoms with Gasteiger partial charge >= 0.3 is 0 Å². The molecule has 1 aliphatic heterocycles. The number of rotatable bonds is 9. The smallest absolute Gasteiger partial charge is 0.295 e. The van der Waals surface area contributed by atoms with Crippen molar-refractivity contribution in [2.45, 2.75) is 40.3 Å². The predicted octanol–water partition coefficient (Wildman–Crippen LogP) is 5.79. The molecule has 4 rings (SSSR count). The van der Waals surface area contributed by atoms with Gasteiger partial charge in [0.15, 0.2) is 0 Å². The van der Waals surface area contributed by atoms with Crippen LogP contribution in [0.2, 0.25) is 0 Å². The van der Waals surface area contributed by atoms with E-state index in [-0.39, 0.29) is 23.4 Å². The average Bonchev–Trinajstić information content (AvgIpc) is 3.20. The molecule has 204 valence electrons. The Morgan fingerprint density at radius 3 is 2.23 bits per heavy atom. The Morgan fingerprint density at radius 2 is 1.62 bits per heavy atom. The molecular formula is C32H36N2O5. The lowest BCUT2D eigenvalue weighted by Gasteiger charge is -2.27. The normalized spacial score (nSPS) is 16.5. The van der Waals surface area contributed by atoms with Crippen LogP contribution < -0.4 is 14.4 Å². The van der Waals surface area contributed by atoms with Crippen molar-refractivity contribution < 1.29 is 24.2 Å². The summed E-state index contributed by atoms with van der Waals surface area (Å²) < 4.78 is 10.8. The van der Waals surface area contributed by atoms with Crippen LogP contribution in [0.25, 0.3) is 5.76 Å². The Hall–Kier alpha value is -4.26. The van der Waals surface area contributed by atoms with Crippen molar-refractivity contribution in [3.8, 4) is 11.5 Å². The van der Waals surface area contributed by atoms with Crippen LogP contribution in [0.3, 0.4) is 0 Å². The number of hydrogen-bond donors (Lipinski definition) is 1. The number of carbonyl (C=O) groups is 2.